The highest BCUT2D eigenvalue weighted by Crippen LogP contribution is 2.37. The van der Waals surface area contributed by atoms with Crippen LogP contribution in [0.2, 0.25) is 0 Å². The van der Waals surface area contributed by atoms with Gasteiger partial charge in [0.25, 0.3) is 5.88 Å². The molecule has 1 aliphatic carbocycles. The van der Waals surface area contributed by atoms with Gasteiger partial charge in [0.2, 0.25) is 11.6 Å². The zero-order chi connectivity index (χ0) is 19.4. The van der Waals surface area contributed by atoms with Crippen molar-refractivity contribution < 1.29 is 28.9 Å². The SMILES string of the molecule is CC(=O)NC[C@@H](CO)Oc1nonc1C(=N[C@H]1Cc2ccc(F)cc21)NO. The number of fused-ring (bicyclic) bond motifs is 1. The van der Waals surface area contributed by atoms with E-state index in [0.29, 0.717) is 12.0 Å². The summed E-state index contributed by atoms with van der Waals surface area (Å²) in [5.74, 6) is -0.866. The van der Waals surface area contributed by atoms with Gasteiger partial charge >= 0.3 is 0 Å². The third-order valence-electron chi connectivity index (χ3n) is 4.01. The highest BCUT2D eigenvalue weighted by Gasteiger charge is 2.29. The fourth-order valence-corrected chi connectivity index (χ4v) is 2.62. The average molecular weight is 379 g/mol. The monoisotopic (exact) mass is 379 g/mol. The number of aliphatic hydroxyl groups excluding tert-OH is 1. The lowest BCUT2D eigenvalue weighted by Crippen LogP contribution is -2.37. The third kappa shape index (κ3) is 4.20. The number of aliphatic imine (C=N–C) groups is 1. The maximum absolute atomic E-state index is 13.4. The van der Waals surface area contributed by atoms with Crippen molar-refractivity contribution in [2.45, 2.75) is 25.5 Å². The second-order valence-electron chi connectivity index (χ2n) is 5.93. The number of benzene rings is 1. The lowest BCUT2D eigenvalue weighted by Gasteiger charge is -2.27. The number of hydrogen-bond donors (Lipinski definition) is 4. The van der Waals surface area contributed by atoms with Crippen LogP contribution in [0.5, 0.6) is 5.88 Å². The molecule has 2 atom stereocenters. The maximum Gasteiger partial charge on any atom is 0.287 e. The minimum absolute atomic E-state index is 0.0244. The minimum Gasteiger partial charge on any atom is -0.466 e. The highest BCUT2D eigenvalue weighted by molar-refractivity contribution is 5.98. The number of carbonyl (C=O) groups excluding carboxylic acids is 1. The molecule has 2 aromatic rings. The van der Waals surface area contributed by atoms with Crippen LogP contribution in [0, 0.1) is 5.82 Å². The summed E-state index contributed by atoms with van der Waals surface area (Å²) in [6, 6.07) is 4.07. The average Bonchev–Trinajstić information content (AvgIpc) is 3.09. The van der Waals surface area contributed by atoms with E-state index in [1.54, 1.807) is 6.07 Å². The zero-order valence-corrected chi connectivity index (χ0v) is 14.3. The van der Waals surface area contributed by atoms with Gasteiger partial charge in [-0.05, 0) is 40.0 Å². The third-order valence-corrected chi connectivity index (χ3v) is 4.01. The molecule has 1 aliphatic rings. The van der Waals surface area contributed by atoms with Crippen molar-refractivity contribution in [3.05, 3.63) is 40.8 Å². The molecule has 0 fully saturated rings. The molecule has 1 heterocycles. The van der Waals surface area contributed by atoms with Crippen LogP contribution in [0.25, 0.3) is 0 Å². The van der Waals surface area contributed by atoms with Crippen LogP contribution in [-0.4, -0.2) is 51.6 Å². The molecule has 144 valence electrons. The normalized spacial score (nSPS) is 16.9. The van der Waals surface area contributed by atoms with Crippen LogP contribution < -0.4 is 15.5 Å². The van der Waals surface area contributed by atoms with E-state index in [1.165, 1.54) is 19.1 Å². The summed E-state index contributed by atoms with van der Waals surface area (Å²) in [4.78, 5) is 15.3. The van der Waals surface area contributed by atoms with Gasteiger partial charge in [0.05, 0.1) is 19.2 Å². The van der Waals surface area contributed by atoms with Gasteiger partial charge in [-0.1, -0.05) is 6.07 Å². The first kappa shape index (κ1) is 18.7. The number of ether oxygens (including phenoxy) is 1. The Balaban J connectivity index is 1.77. The Hall–Kier alpha value is -3.05. The number of nitrogens with one attached hydrogen (secondary N) is 2. The first-order chi connectivity index (χ1) is 13.0. The van der Waals surface area contributed by atoms with Gasteiger partial charge in [-0.3, -0.25) is 20.5 Å². The Bertz CT molecular complexity index is 855. The molecule has 27 heavy (non-hydrogen) atoms. The van der Waals surface area contributed by atoms with Crippen molar-refractivity contribution in [2.75, 3.05) is 13.2 Å². The standard InChI is InChI=1S/C16H18FN5O5/c1-8(24)18-6-11(7-23)26-16-14(21-27-22-16)15(20-25)19-13-4-9-2-3-10(17)5-12(9)13/h2-3,5,11,13,23,25H,4,6-7H2,1H3,(H,18,24)(H,19,20)/t11-,13-/m0/s1. The Morgan fingerprint density at radius 3 is 3.04 bits per heavy atom. The van der Waals surface area contributed by atoms with Gasteiger partial charge in [-0.15, -0.1) is 0 Å². The van der Waals surface area contributed by atoms with E-state index in [2.05, 4.69) is 25.3 Å². The van der Waals surface area contributed by atoms with Crippen LogP contribution in [0.4, 0.5) is 4.39 Å². The molecule has 0 spiro atoms. The Kier molecular flexibility index (Phi) is 5.62. The Morgan fingerprint density at radius 2 is 2.33 bits per heavy atom. The zero-order valence-electron chi connectivity index (χ0n) is 14.3. The van der Waals surface area contributed by atoms with Crippen molar-refractivity contribution in [3.63, 3.8) is 0 Å². The quantitative estimate of drug-likeness (QED) is 0.302. The van der Waals surface area contributed by atoms with E-state index in [4.69, 9.17) is 4.74 Å². The van der Waals surface area contributed by atoms with E-state index in [-0.39, 0.29) is 41.7 Å². The second-order valence-corrected chi connectivity index (χ2v) is 5.93. The lowest BCUT2D eigenvalue weighted by atomic mass is 9.83. The number of amidine groups is 1. The number of halogens is 1. The van der Waals surface area contributed by atoms with Gasteiger partial charge in [-0.2, -0.15) is 0 Å². The number of carbonyl (C=O) groups is 1. The molecule has 0 aliphatic heterocycles. The summed E-state index contributed by atoms with van der Waals surface area (Å²) >= 11 is 0. The van der Waals surface area contributed by atoms with E-state index in [0.717, 1.165) is 5.56 Å². The summed E-state index contributed by atoms with van der Waals surface area (Å²) < 4.78 is 23.5. The molecule has 0 bridgehead atoms. The summed E-state index contributed by atoms with van der Waals surface area (Å²) in [5.41, 5.74) is 3.56. The largest absolute Gasteiger partial charge is 0.466 e. The second kappa shape index (κ2) is 8.10. The van der Waals surface area contributed by atoms with Crippen molar-refractivity contribution in [3.8, 4) is 5.88 Å². The van der Waals surface area contributed by atoms with Gasteiger partial charge < -0.3 is 15.2 Å². The van der Waals surface area contributed by atoms with E-state index in [1.807, 2.05) is 5.48 Å². The predicted octanol–water partition coefficient (Wildman–Crippen LogP) is 0.107. The lowest BCUT2D eigenvalue weighted by molar-refractivity contribution is -0.119. The molecule has 0 saturated heterocycles. The fraction of sp³-hybridized carbons (Fsp3) is 0.375. The topological polar surface area (TPSA) is 142 Å². The molecule has 3 rings (SSSR count). The van der Waals surface area contributed by atoms with E-state index in [9.17, 15) is 19.5 Å². The summed E-state index contributed by atoms with van der Waals surface area (Å²) in [7, 11) is 0. The van der Waals surface area contributed by atoms with Gasteiger partial charge in [0.1, 0.15) is 11.9 Å². The summed E-state index contributed by atoms with van der Waals surface area (Å²) in [5, 5.41) is 28.5. The molecule has 1 aromatic carbocycles. The molecular weight excluding hydrogens is 361 g/mol. The van der Waals surface area contributed by atoms with Crippen LogP contribution in [0.15, 0.2) is 27.8 Å². The van der Waals surface area contributed by atoms with Crippen LogP contribution >= 0.6 is 0 Å². The molecule has 1 aromatic heterocycles. The molecule has 1 amide bonds. The summed E-state index contributed by atoms with van der Waals surface area (Å²) in [6.45, 7) is 0.963. The fourth-order valence-electron chi connectivity index (χ4n) is 2.62. The summed E-state index contributed by atoms with van der Waals surface area (Å²) in [6.07, 6.45) is -0.234. The highest BCUT2D eigenvalue weighted by atomic mass is 19.1. The number of hydroxylamine groups is 1. The molecule has 0 radical (unpaired) electrons. The predicted molar refractivity (Wildman–Crippen MR) is 88.8 cm³/mol. The van der Waals surface area contributed by atoms with Crippen molar-refractivity contribution in [1.29, 1.82) is 0 Å². The Labute approximate surface area is 153 Å². The number of rotatable bonds is 7. The van der Waals surface area contributed by atoms with Crippen LogP contribution in [-0.2, 0) is 11.2 Å². The van der Waals surface area contributed by atoms with Gasteiger partial charge in [0, 0.05) is 6.92 Å². The molecule has 4 N–H and O–H groups in total. The first-order valence-corrected chi connectivity index (χ1v) is 8.13. The van der Waals surface area contributed by atoms with Crippen molar-refractivity contribution >= 4 is 11.7 Å². The van der Waals surface area contributed by atoms with Crippen LogP contribution in [0.3, 0.4) is 0 Å². The smallest absolute Gasteiger partial charge is 0.287 e. The molecule has 11 heteroatoms. The Morgan fingerprint density at radius 1 is 1.52 bits per heavy atom. The molecule has 0 unspecified atom stereocenters. The van der Waals surface area contributed by atoms with Crippen molar-refractivity contribution in [1.82, 2.24) is 21.1 Å². The number of aliphatic hydroxyl groups is 1. The minimum atomic E-state index is -0.807. The van der Waals surface area contributed by atoms with Crippen LogP contribution in [0.1, 0.15) is 29.8 Å². The molecule has 0 saturated carbocycles. The van der Waals surface area contributed by atoms with E-state index < -0.39 is 12.7 Å². The number of nitrogens with zero attached hydrogens (tertiary/aromatic N) is 3. The molecule has 10 nitrogen and oxygen atoms in total. The van der Waals surface area contributed by atoms with Gasteiger partial charge in [0.15, 0.2) is 5.84 Å². The molecular formula is C16H18FN5O5. The number of amides is 1. The van der Waals surface area contributed by atoms with E-state index >= 15 is 0 Å². The first-order valence-electron chi connectivity index (χ1n) is 8.13. The van der Waals surface area contributed by atoms with Gasteiger partial charge in [-0.25, -0.2) is 9.02 Å². The number of aromatic nitrogens is 2. The van der Waals surface area contributed by atoms with Crippen molar-refractivity contribution in [2.24, 2.45) is 4.99 Å². The number of hydrogen-bond acceptors (Lipinski definition) is 8. The maximum atomic E-state index is 13.4.